The van der Waals surface area contributed by atoms with Gasteiger partial charge in [0.05, 0.1) is 5.56 Å². The SMILES string of the molecule is [2H]C([2H])([2H])C([2H])(c1cc[n+](C)c(-c2c(C)c3ccccc3c3oc4ccccc4c23)c1)C([2H])([2H])[2H]. The Kier molecular flexibility index (Phi) is 2.44. The minimum atomic E-state index is -3.06. The first kappa shape index (κ1) is 11.0. The lowest BCUT2D eigenvalue weighted by atomic mass is 9.91. The van der Waals surface area contributed by atoms with Crippen molar-refractivity contribution in [1.29, 1.82) is 0 Å². The van der Waals surface area contributed by atoms with Crippen LogP contribution in [0, 0.1) is 6.92 Å². The molecule has 0 saturated carbocycles. The van der Waals surface area contributed by atoms with Crippen LogP contribution in [0.3, 0.4) is 0 Å². The van der Waals surface area contributed by atoms with E-state index in [9.17, 15) is 0 Å². The Bertz CT molecular complexity index is 1600. The molecule has 0 spiro atoms. The zero-order valence-electron chi connectivity index (χ0n) is 22.7. The van der Waals surface area contributed by atoms with Crippen LogP contribution in [0.5, 0.6) is 0 Å². The first-order valence-corrected chi connectivity index (χ1v) is 9.19. The molecule has 0 fully saturated rings. The number of para-hydroxylation sites is 1. The Balaban J connectivity index is 1.94. The molecule has 0 N–H and O–H groups in total. The predicted octanol–water partition coefficient (Wildman–Crippen LogP) is 6.66. The van der Waals surface area contributed by atoms with E-state index in [1.807, 2.05) is 67.1 Å². The van der Waals surface area contributed by atoms with Crippen LogP contribution in [-0.2, 0) is 7.05 Å². The molecule has 0 saturated heterocycles. The van der Waals surface area contributed by atoms with E-state index in [2.05, 4.69) is 0 Å². The van der Waals surface area contributed by atoms with Crippen molar-refractivity contribution < 1.29 is 18.6 Å². The number of benzene rings is 3. The fourth-order valence-electron chi connectivity index (χ4n) is 4.11. The minimum Gasteiger partial charge on any atom is -0.455 e. The van der Waals surface area contributed by atoms with E-state index >= 15 is 0 Å². The summed E-state index contributed by atoms with van der Waals surface area (Å²) in [5.41, 5.74) is 3.71. The van der Waals surface area contributed by atoms with Crippen molar-refractivity contribution in [2.24, 2.45) is 7.05 Å². The van der Waals surface area contributed by atoms with Crippen molar-refractivity contribution in [2.45, 2.75) is 26.5 Å². The summed E-state index contributed by atoms with van der Waals surface area (Å²) in [4.78, 5) is 0. The van der Waals surface area contributed by atoms with Gasteiger partial charge in [-0.2, -0.15) is 0 Å². The lowest BCUT2D eigenvalue weighted by molar-refractivity contribution is -0.660. The van der Waals surface area contributed by atoms with Gasteiger partial charge in [0.1, 0.15) is 18.2 Å². The molecular weight excluding hydrogens is 342 g/mol. The highest BCUT2D eigenvalue weighted by atomic mass is 16.3. The number of hydrogen-bond donors (Lipinski definition) is 0. The lowest BCUT2D eigenvalue weighted by Crippen LogP contribution is -2.31. The molecule has 28 heavy (non-hydrogen) atoms. The van der Waals surface area contributed by atoms with Gasteiger partial charge in [-0.05, 0) is 35.4 Å². The highest BCUT2D eigenvalue weighted by molar-refractivity contribution is 6.22. The van der Waals surface area contributed by atoms with Crippen molar-refractivity contribution in [2.75, 3.05) is 0 Å². The highest BCUT2D eigenvalue weighted by Gasteiger charge is 2.24. The third-order valence-electron chi connectivity index (χ3n) is 5.49. The number of hydrogen-bond acceptors (Lipinski definition) is 1. The van der Waals surface area contributed by atoms with Crippen LogP contribution in [0.2, 0.25) is 0 Å². The van der Waals surface area contributed by atoms with E-state index in [1.165, 1.54) is 12.1 Å². The van der Waals surface area contributed by atoms with Gasteiger partial charge in [0, 0.05) is 37.9 Å². The Hall–Kier alpha value is -3.13. The maximum Gasteiger partial charge on any atom is 0.213 e. The van der Waals surface area contributed by atoms with E-state index in [0.29, 0.717) is 11.3 Å². The van der Waals surface area contributed by atoms with Gasteiger partial charge in [-0.1, -0.05) is 56.2 Å². The lowest BCUT2D eigenvalue weighted by Gasteiger charge is -2.12. The van der Waals surface area contributed by atoms with Gasteiger partial charge in [-0.15, -0.1) is 0 Å². The number of pyridine rings is 1. The summed E-state index contributed by atoms with van der Waals surface area (Å²) >= 11 is 0. The molecule has 5 rings (SSSR count). The van der Waals surface area contributed by atoms with Gasteiger partial charge in [-0.3, -0.25) is 0 Å². The summed E-state index contributed by atoms with van der Waals surface area (Å²) in [6.45, 7) is -4.13. The molecule has 0 aliphatic carbocycles. The van der Waals surface area contributed by atoms with E-state index in [-0.39, 0.29) is 5.56 Å². The number of furan rings is 1. The Labute approximate surface area is 174 Å². The largest absolute Gasteiger partial charge is 0.455 e. The first-order chi connectivity index (χ1) is 16.4. The Morgan fingerprint density at radius 1 is 0.964 bits per heavy atom. The molecule has 0 unspecified atom stereocenters. The van der Waals surface area contributed by atoms with Gasteiger partial charge in [0.25, 0.3) is 0 Å². The third kappa shape index (κ3) is 2.37. The zero-order valence-corrected chi connectivity index (χ0v) is 15.7. The topological polar surface area (TPSA) is 17.0 Å². The van der Waals surface area contributed by atoms with E-state index < -0.39 is 19.6 Å². The van der Waals surface area contributed by atoms with Crippen molar-refractivity contribution in [3.8, 4) is 11.3 Å². The second-order valence-corrected chi connectivity index (χ2v) is 7.13. The van der Waals surface area contributed by atoms with E-state index in [0.717, 1.165) is 38.3 Å². The monoisotopic (exact) mass is 373 g/mol. The van der Waals surface area contributed by atoms with Crippen LogP contribution < -0.4 is 4.57 Å². The van der Waals surface area contributed by atoms with Crippen molar-refractivity contribution >= 4 is 32.7 Å². The van der Waals surface area contributed by atoms with Gasteiger partial charge >= 0.3 is 0 Å². The number of aromatic nitrogens is 1. The Morgan fingerprint density at radius 3 is 2.46 bits per heavy atom. The number of rotatable bonds is 2. The molecule has 0 aliphatic heterocycles. The van der Waals surface area contributed by atoms with Crippen LogP contribution in [0.1, 0.15) is 40.3 Å². The predicted molar refractivity (Wildman–Crippen MR) is 117 cm³/mol. The maximum absolute atomic E-state index is 8.69. The summed E-state index contributed by atoms with van der Waals surface area (Å²) < 4.78 is 64.4. The molecule has 3 aromatic carbocycles. The molecule has 5 aromatic rings. The van der Waals surface area contributed by atoms with Crippen LogP contribution in [0.15, 0.2) is 71.3 Å². The third-order valence-corrected chi connectivity index (χ3v) is 5.49. The smallest absolute Gasteiger partial charge is 0.213 e. The first-order valence-electron chi connectivity index (χ1n) is 12.7. The fraction of sp³-hybridized carbons (Fsp3) is 0.192. The average molecular weight is 374 g/mol. The van der Waals surface area contributed by atoms with E-state index in [1.54, 1.807) is 6.20 Å². The summed E-state index contributed by atoms with van der Waals surface area (Å²) in [7, 11) is 1.82. The molecule has 0 atom stereocenters. The van der Waals surface area contributed by atoms with Crippen LogP contribution in [0.25, 0.3) is 44.0 Å². The van der Waals surface area contributed by atoms with Gasteiger partial charge < -0.3 is 4.42 Å². The normalized spacial score (nSPS) is 16.9. The van der Waals surface area contributed by atoms with Gasteiger partial charge in [0.15, 0.2) is 6.20 Å². The summed E-state index contributed by atoms with van der Waals surface area (Å²) in [5, 5.41) is 3.70. The fourth-order valence-corrected chi connectivity index (χ4v) is 4.11. The molecule has 0 radical (unpaired) electrons. The van der Waals surface area contributed by atoms with Crippen molar-refractivity contribution in [3.05, 3.63) is 78.0 Å². The molecule has 0 bridgehead atoms. The van der Waals surface area contributed by atoms with Crippen molar-refractivity contribution in [3.63, 3.8) is 0 Å². The molecule has 0 amide bonds. The number of nitrogens with zero attached hydrogens (tertiary/aromatic N) is 1. The van der Waals surface area contributed by atoms with Crippen molar-refractivity contribution in [1.82, 2.24) is 0 Å². The number of fused-ring (bicyclic) bond motifs is 5. The second-order valence-electron chi connectivity index (χ2n) is 7.13. The molecular formula is C26H24NO+. The Morgan fingerprint density at radius 2 is 1.68 bits per heavy atom. The van der Waals surface area contributed by atoms with E-state index in [4.69, 9.17) is 14.0 Å². The average Bonchev–Trinajstić information content (AvgIpc) is 3.18. The summed E-state index contributed by atoms with van der Waals surface area (Å²) in [6.07, 6.45) is 1.62. The quantitative estimate of drug-likeness (QED) is 0.316. The zero-order chi connectivity index (χ0) is 25.3. The van der Waals surface area contributed by atoms with Crippen LogP contribution in [0.4, 0.5) is 0 Å². The standard InChI is InChI=1S/C26H24NO/c1-16(2)18-13-14-27(4)22(15-18)24-17(3)19-9-5-6-10-20(19)26-25(24)21-11-7-8-12-23(21)28-26/h5-16H,1-4H3/q+1/i1D3,2D3,16D. The molecule has 0 aliphatic rings. The molecule has 2 heterocycles. The highest BCUT2D eigenvalue weighted by Crippen LogP contribution is 2.43. The molecule has 2 heteroatoms. The van der Waals surface area contributed by atoms with Gasteiger partial charge in [-0.25, -0.2) is 4.57 Å². The molecule has 138 valence electrons. The molecule has 2 aromatic heterocycles. The van der Waals surface area contributed by atoms with Crippen LogP contribution in [-0.4, -0.2) is 0 Å². The minimum absolute atomic E-state index is 0.0842. The van der Waals surface area contributed by atoms with Crippen LogP contribution >= 0.6 is 0 Å². The maximum atomic E-state index is 8.69. The molecule has 2 nitrogen and oxygen atoms in total. The number of aryl methyl sites for hydroxylation is 2. The van der Waals surface area contributed by atoms with Gasteiger partial charge in [0.2, 0.25) is 5.69 Å². The summed E-state index contributed by atoms with van der Waals surface area (Å²) in [6, 6.07) is 18.6. The summed E-state index contributed by atoms with van der Waals surface area (Å²) in [5.74, 6) is -2.79. The second kappa shape index (κ2) is 6.20.